The van der Waals surface area contributed by atoms with Crippen molar-refractivity contribution < 1.29 is 27.8 Å². The third-order valence-electron chi connectivity index (χ3n) is 5.56. The van der Waals surface area contributed by atoms with Crippen molar-refractivity contribution in [1.82, 2.24) is 10.0 Å². The van der Waals surface area contributed by atoms with E-state index in [1.165, 1.54) is 7.11 Å². The second-order valence-electron chi connectivity index (χ2n) is 7.96. The van der Waals surface area contributed by atoms with Crippen LogP contribution >= 0.6 is 0 Å². The smallest absolute Gasteiger partial charge is 0.319 e. The summed E-state index contributed by atoms with van der Waals surface area (Å²) in [5, 5.41) is 15.4. The number of ether oxygens (including phenoxy) is 2. The first-order valence-electron chi connectivity index (χ1n) is 10.9. The van der Waals surface area contributed by atoms with Gasteiger partial charge in [0.05, 0.1) is 36.4 Å². The summed E-state index contributed by atoms with van der Waals surface area (Å²) in [6, 6.07) is 12.9. The average molecular weight is 478 g/mol. The van der Waals surface area contributed by atoms with Crippen molar-refractivity contribution in [1.29, 1.82) is 0 Å². The van der Waals surface area contributed by atoms with Gasteiger partial charge in [0.2, 0.25) is 10.0 Å². The minimum atomic E-state index is -3.59. The predicted octanol–water partition coefficient (Wildman–Crippen LogP) is 2.40. The van der Waals surface area contributed by atoms with E-state index in [4.69, 9.17) is 9.47 Å². The number of para-hydroxylation sites is 2. The Hall–Kier alpha value is -2.66. The Morgan fingerprint density at radius 1 is 1.15 bits per heavy atom. The monoisotopic (exact) mass is 477 g/mol. The van der Waals surface area contributed by atoms with E-state index in [1.807, 2.05) is 6.92 Å². The topological polar surface area (TPSA) is 126 Å². The summed E-state index contributed by atoms with van der Waals surface area (Å²) >= 11 is 0. The van der Waals surface area contributed by atoms with Gasteiger partial charge >= 0.3 is 6.03 Å². The Labute approximate surface area is 194 Å². The van der Waals surface area contributed by atoms with Gasteiger partial charge < -0.3 is 25.2 Å². The summed E-state index contributed by atoms with van der Waals surface area (Å²) in [5.74, 6) is 0.541. The minimum Gasteiger partial charge on any atom is -0.495 e. The Morgan fingerprint density at radius 3 is 2.58 bits per heavy atom. The van der Waals surface area contributed by atoms with Gasteiger partial charge in [-0.05, 0) is 50.5 Å². The molecule has 1 aliphatic heterocycles. The van der Waals surface area contributed by atoms with Crippen LogP contribution in [0.3, 0.4) is 0 Å². The van der Waals surface area contributed by atoms with E-state index >= 15 is 0 Å². The molecule has 0 unspecified atom stereocenters. The summed E-state index contributed by atoms with van der Waals surface area (Å²) in [4.78, 5) is 12.7. The quantitative estimate of drug-likeness (QED) is 0.439. The fourth-order valence-corrected chi connectivity index (χ4v) is 4.79. The van der Waals surface area contributed by atoms with Crippen molar-refractivity contribution in [2.24, 2.45) is 0 Å². The summed E-state index contributed by atoms with van der Waals surface area (Å²) < 4.78 is 38.6. The van der Waals surface area contributed by atoms with E-state index in [0.29, 0.717) is 30.7 Å². The Morgan fingerprint density at radius 2 is 1.88 bits per heavy atom. The lowest BCUT2D eigenvalue weighted by Gasteiger charge is -2.36. The van der Waals surface area contributed by atoms with Gasteiger partial charge in [-0.15, -0.1) is 0 Å². The molecule has 2 amide bonds. The zero-order valence-corrected chi connectivity index (χ0v) is 19.6. The molecule has 0 aliphatic carbocycles. The van der Waals surface area contributed by atoms with Gasteiger partial charge in [0.25, 0.3) is 0 Å². The second-order valence-corrected chi connectivity index (χ2v) is 9.73. The molecule has 1 saturated heterocycles. The summed E-state index contributed by atoms with van der Waals surface area (Å²) in [6.07, 6.45) is 0.878. The molecular weight excluding hydrogens is 446 g/mol. The molecule has 33 heavy (non-hydrogen) atoms. The zero-order chi connectivity index (χ0) is 23.8. The molecule has 1 aliphatic rings. The van der Waals surface area contributed by atoms with Gasteiger partial charge in [0.15, 0.2) is 0 Å². The number of hydrogen-bond donors (Lipinski definition) is 4. The number of nitrogens with one attached hydrogen (secondary N) is 3. The molecule has 0 radical (unpaired) electrons. The highest BCUT2D eigenvalue weighted by Crippen LogP contribution is 2.24. The SMILES string of the molecule is COc1ccccc1NC(=O)N[C@@H]1CC[C@@H](CCNS(=O)(=O)c2ccc(C)cc2)O[C@H]1CO. The lowest BCUT2D eigenvalue weighted by molar-refractivity contribution is -0.0884. The van der Waals surface area contributed by atoms with Gasteiger partial charge in [-0.3, -0.25) is 0 Å². The van der Waals surface area contributed by atoms with E-state index in [-0.39, 0.29) is 30.2 Å². The number of aliphatic hydroxyl groups is 1. The molecule has 2 aromatic carbocycles. The van der Waals surface area contributed by atoms with Crippen molar-refractivity contribution >= 4 is 21.7 Å². The van der Waals surface area contributed by atoms with Crippen molar-refractivity contribution in [3.8, 4) is 5.75 Å². The number of benzene rings is 2. The van der Waals surface area contributed by atoms with Gasteiger partial charge in [0.1, 0.15) is 11.9 Å². The minimum absolute atomic E-state index is 0.214. The van der Waals surface area contributed by atoms with Crippen molar-refractivity contribution in [3.05, 3.63) is 54.1 Å². The predicted molar refractivity (Wildman–Crippen MR) is 125 cm³/mol. The number of carbonyl (C=O) groups is 1. The number of aryl methyl sites for hydroxylation is 1. The lowest BCUT2D eigenvalue weighted by atomic mass is 9.97. The number of amides is 2. The van der Waals surface area contributed by atoms with Gasteiger partial charge in [-0.1, -0.05) is 29.8 Å². The summed E-state index contributed by atoms with van der Waals surface area (Å²) in [7, 11) is -2.07. The Bertz CT molecular complexity index is 1030. The third-order valence-corrected chi connectivity index (χ3v) is 7.03. The molecule has 2 aromatic rings. The van der Waals surface area contributed by atoms with Crippen LogP contribution in [0.2, 0.25) is 0 Å². The highest BCUT2D eigenvalue weighted by Gasteiger charge is 2.32. The van der Waals surface area contributed by atoms with Gasteiger partial charge in [-0.2, -0.15) is 0 Å². The average Bonchev–Trinajstić information content (AvgIpc) is 2.80. The van der Waals surface area contributed by atoms with Crippen LogP contribution in [0.1, 0.15) is 24.8 Å². The Balaban J connectivity index is 1.48. The van der Waals surface area contributed by atoms with Crippen LogP contribution in [-0.4, -0.2) is 58.1 Å². The standard InChI is InChI=1S/C23H31N3O6S/c1-16-7-10-18(11-8-16)33(29,30)24-14-13-17-9-12-20(22(15-27)32-17)26-23(28)25-19-5-3-4-6-21(19)31-2/h3-8,10-11,17,20,22,24,27H,9,12-15H2,1-2H3,(H2,25,26,28)/t17-,20+,22-/m0/s1. The maximum absolute atomic E-state index is 12.4. The molecule has 0 saturated carbocycles. The van der Waals surface area contributed by atoms with Crippen LogP contribution in [0, 0.1) is 6.92 Å². The number of anilines is 1. The first kappa shape index (κ1) is 25.0. The van der Waals surface area contributed by atoms with E-state index in [9.17, 15) is 18.3 Å². The molecule has 1 heterocycles. The van der Waals surface area contributed by atoms with Crippen LogP contribution < -0.4 is 20.1 Å². The molecule has 3 rings (SSSR count). The number of rotatable bonds is 9. The molecule has 0 bridgehead atoms. The number of sulfonamides is 1. The number of aliphatic hydroxyl groups excluding tert-OH is 1. The first-order valence-corrected chi connectivity index (χ1v) is 12.3. The Kier molecular flexibility index (Phi) is 8.67. The van der Waals surface area contributed by atoms with E-state index in [0.717, 1.165) is 5.56 Å². The molecule has 0 spiro atoms. The third kappa shape index (κ3) is 6.91. The van der Waals surface area contributed by atoms with Crippen molar-refractivity contribution in [2.45, 2.75) is 49.3 Å². The number of methoxy groups -OCH3 is 1. The molecule has 9 nitrogen and oxygen atoms in total. The lowest BCUT2D eigenvalue weighted by Crippen LogP contribution is -2.52. The summed E-state index contributed by atoms with van der Waals surface area (Å²) in [5.41, 5.74) is 1.52. The van der Waals surface area contributed by atoms with E-state index in [1.54, 1.807) is 48.5 Å². The molecule has 3 atom stereocenters. The normalized spacial score (nSPS) is 20.8. The molecule has 4 N–H and O–H groups in total. The molecular formula is C23H31N3O6S. The van der Waals surface area contributed by atoms with E-state index < -0.39 is 22.2 Å². The fourth-order valence-electron chi connectivity index (χ4n) is 3.74. The number of hydrogen-bond acceptors (Lipinski definition) is 6. The van der Waals surface area contributed by atoms with Crippen LogP contribution in [0.15, 0.2) is 53.4 Å². The highest BCUT2D eigenvalue weighted by atomic mass is 32.2. The van der Waals surface area contributed by atoms with Crippen molar-refractivity contribution in [3.63, 3.8) is 0 Å². The first-order chi connectivity index (χ1) is 15.8. The van der Waals surface area contributed by atoms with Crippen LogP contribution in [0.5, 0.6) is 5.75 Å². The van der Waals surface area contributed by atoms with Crippen LogP contribution in [0.25, 0.3) is 0 Å². The van der Waals surface area contributed by atoms with Crippen LogP contribution in [-0.2, 0) is 14.8 Å². The largest absolute Gasteiger partial charge is 0.495 e. The fraction of sp³-hybridized carbons (Fsp3) is 0.435. The maximum Gasteiger partial charge on any atom is 0.319 e. The van der Waals surface area contributed by atoms with Crippen LogP contribution in [0.4, 0.5) is 10.5 Å². The molecule has 0 aromatic heterocycles. The van der Waals surface area contributed by atoms with Gasteiger partial charge in [0, 0.05) is 6.54 Å². The summed E-state index contributed by atoms with van der Waals surface area (Å²) in [6.45, 7) is 1.85. The molecule has 180 valence electrons. The van der Waals surface area contributed by atoms with Crippen molar-refractivity contribution in [2.75, 3.05) is 25.6 Å². The van der Waals surface area contributed by atoms with E-state index in [2.05, 4.69) is 15.4 Å². The highest BCUT2D eigenvalue weighted by molar-refractivity contribution is 7.89. The van der Waals surface area contributed by atoms with Gasteiger partial charge in [-0.25, -0.2) is 17.9 Å². The molecule has 10 heteroatoms. The molecule has 1 fully saturated rings. The number of carbonyl (C=O) groups excluding carboxylic acids is 1. The number of urea groups is 1. The maximum atomic E-state index is 12.4. The zero-order valence-electron chi connectivity index (χ0n) is 18.8. The second kappa shape index (κ2) is 11.5.